The van der Waals surface area contributed by atoms with Crippen LogP contribution in [0.5, 0.6) is 0 Å². The standard InChI is InChI=1S/C8H21N3.C3H8.CH4.H2/c1-3-11(4-2)8-7-10-6-5-9;1-3-2;;/h10H,3-9H2,1-2H3;3H2,1-2H3;1H4;1H. The molecule has 0 aromatic carbocycles. The third-order valence-corrected chi connectivity index (χ3v) is 1.82. The third kappa shape index (κ3) is 20.1. The van der Waals surface area contributed by atoms with Gasteiger partial charge in [-0.25, -0.2) is 0 Å². The largest absolute Gasteiger partial charge is 0.329 e. The molecule has 0 aromatic heterocycles. The molecule has 3 N–H and O–H groups in total. The van der Waals surface area contributed by atoms with E-state index in [0.29, 0.717) is 0 Å². The summed E-state index contributed by atoms with van der Waals surface area (Å²) >= 11 is 0. The normalized spacial score (nSPS) is 9.20. The highest BCUT2D eigenvalue weighted by Gasteiger charge is 1.95. The summed E-state index contributed by atoms with van der Waals surface area (Å²) in [7, 11) is 0. The van der Waals surface area contributed by atoms with E-state index < -0.39 is 0 Å². The van der Waals surface area contributed by atoms with Gasteiger partial charge in [-0.1, -0.05) is 41.5 Å². The Hall–Kier alpha value is -0.120. The zero-order valence-corrected chi connectivity index (χ0v) is 10.5. The Morgan fingerprint density at radius 3 is 1.87 bits per heavy atom. The molecule has 0 saturated heterocycles. The average Bonchev–Trinajstić information content (AvgIpc) is 2.20. The highest BCUT2D eigenvalue weighted by Crippen LogP contribution is 1.83. The average molecular weight is 221 g/mol. The summed E-state index contributed by atoms with van der Waals surface area (Å²) in [4.78, 5) is 2.39. The molecule has 0 saturated carbocycles. The summed E-state index contributed by atoms with van der Waals surface area (Å²) < 4.78 is 0. The summed E-state index contributed by atoms with van der Waals surface area (Å²) in [5.74, 6) is 0. The number of nitrogens with two attached hydrogens (primary N) is 1. The molecule has 0 aliphatic rings. The molecule has 3 nitrogen and oxygen atoms in total. The van der Waals surface area contributed by atoms with E-state index in [1.807, 2.05) is 0 Å². The number of rotatable bonds is 7. The van der Waals surface area contributed by atoms with Crippen molar-refractivity contribution >= 4 is 0 Å². The maximum absolute atomic E-state index is 5.33. The van der Waals surface area contributed by atoms with Crippen LogP contribution in [0.15, 0.2) is 0 Å². The van der Waals surface area contributed by atoms with E-state index in [-0.39, 0.29) is 8.85 Å². The zero-order valence-electron chi connectivity index (χ0n) is 10.5. The first-order valence-electron chi connectivity index (χ1n) is 5.89. The van der Waals surface area contributed by atoms with Gasteiger partial charge in [-0.15, -0.1) is 0 Å². The van der Waals surface area contributed by atoms with Crippen LogP contribution in [0, 0.1) is 0 Å². The number of nitrogens with one attached hydrogen (secondary N) is 1. The molecule has 0 rings (SSSR count). The summed E-state index contributed by atoms with van der Waals surface area (Å²) in [6, 6.07) is 0. The molecule has 0 fully saturated rings. The van der Waals surface area contributed by atoms with Gasteiger partial charge in [-0.2, -0.15) is 0 Å². The molecule has 3 heteroatoms. The van der Waals surface area contributed by atoms with Gasteiger partial charge in [-0.3, -0.25) is 0 Å². The predicted molar refractivity (Wildman–Crippen MR) is 74.5 cm³/mol. The lowest BCUT2D eigenvalue weighted by Gasteiger charge is -2.17. The van der Waals surface area contributed by atoms with Gasteiger partial charge < -0.3 is 16.0 Å². The molecular weight excluding hydrogens is 186 g/mol. The van der Waals surface area contributed by atoms with Crippen molar-refractivity contribution in [2.75, 3.05) is 39.3 Å². The Bertz CT molecular complexity index is 88.3. The Morgan fingerprint density at radius 2 is 1.53 bits per heavy atom. The molecule has 98 valence electrons. The molecule has 0 heterocycles. The van der Waals surface area contributed by atoms with Gasteiger partial charge in [0.15, 0.2) is 0 Å². The Morgan fingerprint density at radius 1 is 1.07 bits per heavy atom. The van der Waals surface area contributed by atoms with Crippen LogP contribution < -0.4 is 11.1 Å². The number of likely N-dealkylation sites (N-methyl/N-ethyl adjacent to an activating group) is 1. The molecule has 0 aliphatic heterocycles. The van der Waals surface area contributed by atoms with Crippen LogP contribution >= 0.6 is 0 Å². The van der Waals surface area contributed by atoms with Crippen molar-refractivity contribution < 1.29 is 1.43 Å². The quantitative estimate of drug-likeness (QED) is 0.648. The minimum absolute atomic E-state index is 0. The minimum atomic E-state index is 0. The van der Waals surface area contributed by atoms with Gasteiger partial charge in [0, 0.05) is 27.6 Å². The fraction of sp³-hybridized carbons (Fsp3) is 1.00. The molecule has 0 atom stereocenters. The predicted octanol–water partition coefficient (Wildman–Crippen LogP) is 2.17. The van der Waals surface area contributed by atoms with Gasteiger partial charge >= 0.3 is 0 Å². The maximum Gasteiger partial charge on any atom is 0.0107 e. The van der Waals surface area contributed by atoms with Crippen molar-refractivity contribution in [2.45, 2.75) is 41.5 Å². The second-order valence-electron chi connectivity index (χ2n) is 3.27. The second-order valence-corrected chi connectivity index (χ2v) is 3.27. The molecule has 0 aliphatic carbocycles. The fourth-order valence-corrected chi connectivity index (χ4v) is 1.00. The summed E-state index contributed by atoms with van der Waals surface area (Å²) in [5.41, 5.74) is 5.33. The Balaban J connectivity index is -0.000000129. The summed E-state index contributed by atoms with van der Waals surface area (Å²) in [6.07, 6.45) is 1.25. The lowest BCUT2D eigenvalue weighted by molar-refractivity contribution is 0.303. The third-order valence-electron chi connectivity index (χ3n) is 1.82. The highest BCUT2D eigenvalue weighted by atomic mass is 15.1. The highest BCUT2D eigenvalue weighted by molar-refractivity contribution is 4.55. The number of nitrogens with zero attached hydrogens (tertiary/aromatic N) is 1. The van der Waals surface area contributed by atoms with E-state index in [4.69, 9.17) is 5.73 Å². The number of hydrogen-bond acceptors (Lipinski definition) is 3. The summed E-state index contributed by atoms with van der Waals surface area (Å²) in [6.45, 7) is 14.8. The van der Waals surface area contributed by atoms with Gasteiger partial charge in [-0.05, 0) is 13.1 Å². The SMILES string of the molecule is C.CCC.CCN(CC)CCNCCN.[HH]. The van der Waals surface area contributed by atoms with E-state index in [2.05, 4.69) is 37.9 Å². The molecule has 0 spiro atoms. The van der Waals surface area contributed by atoms with E-state index in [1.165, 1.54) is 6.42 Å². The van der Waals surface area contributed by atoms with Gasteiger partial charge in [0.2, 0.25) is 0 Å². The van der Waals surface area contributed by atoms with Crippen molar-refractivity contribution in [1.29, 1.82) is 0 Å². The Kier molecular flexibility index (Phi) is 26.3. The molecule has 0 unspecified atom stereocenters. The van der Waals surface area contributed by atoms with Gasteiger partial charge in [0.1, 0.15) is 0 Å². The summed E-state index contributed by atoms with van der Waals surface area (Å²) in [5, 5.41) is 3.27. The smallest absolute Gasteiger partial charge is 0.0107 e. The van der Waals surface area contributed by atoms with E-state index in [1.54, 1.807) is 0 Å². The van der Waals surface area contributed by atoms with Crippen molar-refractivity contribution in [3.8, 4) is 0 Å². The molecule has 0 amide bonds. The van der Waals surface area contributed by atoms with Crippen molar-refractivity contribution in [3.63, 3.8) is 0 Å². The topological polar surface area (TPSA) is 41.3 Å². The molecule has 0 bridgehead atoms. The van der Waals surface area contributed by atoms with Crippen LogP contribution in [0.1, 0.15) is 43.0 Å². The van der Waals surface area contributed by atoms with E-state index in [9.17, 15) is 0 Å². The van der Waals surface area contributed by atoms with E-state index in [0.717, 1.165) is 39.3 Å². The van der Waals surface area contributed by atoms with Crippen molar-refractivity contribution in [3.05, 3.63) is 0 Å². The zero-order chi connectivity index (χ0) is 11.2. The number of hydrogen-bond donors (Lipinski definition) is 2. The molecule has 0 radical (unpaired) electrons. The van der Waals surface area contributed by atoms with Crippen LogP contribution in [0.4, 0.5) is 0 Å². The fourth-order valence-electron chi connectivity index (χ4n) is 1.00. The van der Waals surface area contributed by atoms with Gasteiger partial charge in [0.25, 0.3) is 0 Å². The molecule has 15 heavy (non-hydrogen) atoms. The Labute approximate surface area is 98.9 Å². The lowest BCUT2D eigenvalue weighted by Crippen LogP contribution is -2.33. The lowest BCUT2D eigenvalue weighted by atomic mass is 10.4. The molecule has 0 aromatic rings. The van der Waals surface area contributed by atoms with Crippen LogP contribution in [-0.2, 0) is 0 Å². The van der Waals surface area contributed by atoms with Gasteiger partial charge in [0.05, 0.1) is 0 Å². The van der Waals surface area contributed by atoms with Crippen LogP contribution in [0.3, 0.4) is 0 Å². The van der Waals surface area contributed by atoms with Crippen molar-refractivity contribution in [2.24, 2.45) is 5.73 Å². The van der Waals surface area contributed by atoms with Crippen molar-refractivity contribution in [1.82, 2.24) is 10.2 Å². The first kappa shape index (κ1) is 20.3. The first-order valence-corrected chi connectivity index (χ1v) is 5.89. The van der Waals surface area contributed by atoms with Crippen LogP contribution in [0.2, 0.25) is 0 Å². The monoisotopic (exact) mass is 221 g/mol. The second kappa shape index (κ2) is 19.5. The molecular formula is C12H35N3. The van der Waals surface area contributed by atoms with Crippen LogP contribution in [0.25, 0.3) is 0 Å². The van der Waals surface area contributed by atoms with Crippen LogP contribution in [-0.4, -0.2) is 44.2 Å². The van der Waals surface area contributed by atoms with E-state index >= 15 is 0 Å². The minimum Gasteiger partial charge on any atom is -0.329 e. The maximum atomic E-state index is 5.33. The first-order chi connectivity index (χ1) is 6.76.